The molecule has 0 amide bonds. The Morgan fingerprint density at radius 3 is 2.20 bits per heavy atom. The third-order valence-electron chi connectivity index (χ3n) is 3.24. The minimum Gasteiger partial charge on any atom is -0.457 e. The predicted octanol–water partition coefficient (Wildman–Crippen LogP) is 2.94. The Morgan fingerprint density at radius 1 is 1.00 bits per heavy atom. The zero-order chi connectivity index (χ0) is 10.3. The molecule has 1 saturated heterocycles. The van der Waals surface area contributed by atoms with Gasteiger partial charge < -0.3 is 4.74 Å². The van der Waals surface area contributed by atoms with Gasteiger partial charge in [0.15, 0.2) is 0 Å². The molecule has 2 fully saturated rings. The number of hydrogen-bond donors (Lipinski definition) is 0. The van der Waals surface area contributed by atoms with E-state index in [9.17, 15) is 4.79 Å². The Labute approximate surface area is 89.2 Å². The Hall–Kier alpha value is -1.31. The van der Waals surface area contributed by atoms with E-state index < -0.39 is 0 Å². The number of hydrogen-bond acceptors (Lipinski definition) is 2. The van der Waals surface area contributed by atoms with E-state index in [-0.39, 0.29) is 12.1 Å². The van der Waals surface area contributed by atoms with Crippen molar-refractivity contribution in [2.24, 2.45) is 0 Å². The lowest BCUT2D eigenvalue weighted by Gasteiger charge is -2.09. The molecule has 1 unspecified atom stereocenters. The Bertz CT molecular complexity index is 376. The van der Waals surface area contributed by atoms with Crippen molar-refractivity contribution >= 4 is 5.97 Å². The van der Waals surface area contributed by atoms with Crippen LogP contribution in [-0.4, -0.2) is 5.97 Å². The van der Waals surface area contributed by atoms with Crippen molar-refractivity contribution in [3.05, 3.63) is 35.4 Å². The summed E-state index contributed by atoms with van der Waals surface area (Å²) in [5, 5.41) is 0. The second-order valence-electron chi connectivity index (χ2n) is 4.46. The van der Waals surface area contributed by atoms with Gasteiger partial charge in [-0.15, -0.1) is 0 Å². The maximum absolute atomic E-state index is 11.0. The number of cyclic esters (lactones) is 1. The summed E-state index contributed by atoms with van der Waals surface area (Å²) >= 11 is 0. The lowest BCUT2D eigenvalue weighted by Crippen LogP contribution is -1.98. The van der Waals surface area contributed by atoms with Crippen LogP contribution in [0.1, 0.15) is 48.8 Å². The topological polar surface area (TPSA) is 26.3 Å². The van der Waals surface area contributed by atoms with Crippen LogP contribution in [0.3, 0.4) is 0 Å². The minimum atomic E-state index is -0.0636. The van der Waals surface area contributed by atoms with Gasteiger partial charge in [0.25, 0.3) is 0 Å². The molecule has 1 aliphatic heterocycles. The van der Waals surface area contributed by atoms with Crippen LogP contribution in [0, 0.1) is 0 Å². The third-order valence-corrected chi connectivity index (χ3v) is 3.24. The molecule has 1 aromatic rings. The van der Waals surface area contributed by atoms with E-state index in [0.29, 0.717) is 6.42 Å². The minimum absolute atomic E-state index is 0.00533. The van der Waals surface area contributed by atoms with E-state index in [0.717, 1.165) is 17.9 Å². The number of ether oxygens (including phenoxy) is 1. The van der Waals surface area contributed by atoms with Crippen LogP contribution in [0.5, 0.6) is 0 Å². The first-order valence-electron chi connectivity index (χ1n) is 5.62. The highest BCUT2D eigenvalue weighted by Gasteiger charge is 2.26. The van der Waals surface area contributed by atoms with Crippen LogP contribution in [0.15, 0.2) is 24.3 Å². The molecule has 1 saturated carbocycles. The highest BCUT2D eigenvalue weighted by molar-refractivity contribution is 5.71. The van der Waals surface area contributed by atoms with Gasteiger partial charge >= 0.3 is 5.97 Å². The average Bonchev–Trinajstić information content (AvgIpc) is 3.02. The smallest absolute Gasteiger partial charge is 0.306 e. The monoisotopic (exact) mass is 202 g/mol. The molecule has 0 spiro atoms. The standard InChI is InChI=1S/C13H14O2/c14-13-8-7-12(15-13)11-5-3-10(4-6-11)9-1-2-9/h3-6,9,12H,1-2,7-8H2. The molecule has 78 valence electrons. The molecule has 15 heavy (non-hydrogen) atoms. The van der Waals surface area contributed by atoms with Crippen molar-refractivity contribution in [1.29, 1.82) is 0 Å². The van der Waals surface area contributed by atoms with Crippen LogP contribution < -0.4 is 0 Å². The van der Waals surface area contributed by atoms with Gasteiger partial charge in [-0.05, 0) is 36.3 Å². The summed E-state index contributed by atoms with van der Waals surface area (Å²) in [6, 6.07) is 8.58. The van der Waals surface area contributed by atoms with Crippen LogP contribution in [0.25, 0.3) is 0 Å². The van der Waals surface area contributed by atoms with Crippen molar-refractivity contribution < 1.29 is 9.53 Å². The molecule has 1 aliphatic carbocycles. The summed E-state index contributed by atoms with van der Waals surface area (Å²) in [6.45, 7) is 0. The van der Waals surface area contributed by atoms with Gasteiger partial charge in [0.1, 0.15) is 6.10 Å². The van der Waals surface area contributed by atoms with Crippen molar-refractivity contribution in [2.75, 3.05) is 0 Å². The van der Waals surface area contributed by atoms with Gasteiger partial charge in [0.2, 0.25) is 0 Å². The van der Waals surface area contributed by atoms with E-state index >= 15 is 0 Å². The molecule has 3 rings (SSSR count). The van der Waals surface area contributed by atoms with E-state index in [1.807, 2.05) is 0 Å². The fourth-order valence-electron chi connectivity index (χ4n) is 2.16. The number of esters is 1. The van der Waals surface area contributed by atoms with Gasteiger partial charge in [-0.1, -0.05) is 24.3 Å². The summed E-state index contributed by atoms with van der Waals surface area (Å²) in [4.78, 5) is 11.0. The average molecular weight is 202 g/mol. The summed E-state index contributed by atoms with van der Waals surface area (Å²) in [7, 11) is 0. The highest BCUT2D eigenvalue weighted by atomic mass is 16.5. The normalized spacial score (nSPS) is 25.3. The molecular formula is C13H14O2. The van der Waals surface area contributed by atoms with Gasteiger partial charge in [-0.2, -0.15) is 0 Å². The summed E-state index contributed by atoms with van der Waals surface area (Å²) in [5.41, 5.74) is 2.58. The zero-order valence-corrected chi connectivity index (χ0v) is 8.61. The number of carbonyl (C=O) groups excluding carboxylic acids is 1. The summed E-state index contributed by atoms with van der Waals surface area (Å²) < 4.78 is 5.22. The van der Waals surface area contributed by atoms with E-state index in [1.165, 1.54) is 18.4 Å². The number of benzene rings is 1. The SMILES string of the molecule is O=C1CCC(c2ccc(C3CC3)cc2)O1. The van der Waals surface area contributed by atoms with Crippen molar-refractivity contribution in [1.82, 2.24) is 0 Å². The summed E-state index contributed by atoms with van der Waals surface area (Å²) in [5.74, 6) is 0.733. The van der Waals surface area contributed by atoms with Gasteiger partial charge in [-0.25, -0.2) is 0 Å². The maximum Gasteiger partial charge on any atom is 0.306 e. The van der Waals surface area contributed by atoms with Crippen LogP contribution in [0.2, 0.25) is 0 Å². The lowest BCUT2D eigenvalue weighted by atomic mass is 10.0. The molecule has 0 aromatic heterocycles. The zero-order valence-electron chi connectivity index (χ0n) is 8.61. The number of rotatable bonds is 2. The van der Waals surface area contributed by atoms with E-state index in [2.05, 4.69) is 24.3 Å². The molecule has 1 atom stereocenters. The second kappa shape index (κ2) is 3.37. The van der Waals surface area contributed by atoms with Crippen molar-refractivity contribution in [3.8, 4) is 0 Å². The molecule has 2 nitrogen and oxygen atoms in total. The fraction of sp³-hybridized carbons (Fsp3) is 0.462. The maximum atomic E-state index is 11.0. The first-order valence-corrected chi connectivity index (χ1v) is 5.62. The molecule has 2 aliphatic rings. The Morgan fingerprint density at radius 2 is 1.67 bits per heavy atom. The van der Waals surface area contributed by atoms with Gasteiger partial charge in [0, 0.05) is 6.42 Å². The highest BCUT2D eigenvalue weighted by Crippen LogP contribution is 2.40. The van der Waals surface area contributed by atoms with Crippen molar-refractivity contribution in [3.63, 3.8) is 0 Å². The predicted molar refractivity (Wildman–Crippen MR) is 56.5 cm³/mol. The van der Waals surface area contributed by atoms with Gasteiger partial charge in [-0.3, -0.25) is 4.79 Å². The third kappa shape index (κ3) is 1.76. The Kier molecular flexibility index (Phi) is 2.01. The van der Waals surface area contributed by atoms with Crippen LogP contribution in [-0.2, 0) is 9.53 Å². The largest absolute Gasteiger partial charge is 0.457 e. The van der Waals surface area contributed by atoms with E-state index in [1.54, 1.807) is 0 Å². The lowest BCUT2D eigenvalue weighted by molar-refractivity contribution is -0.141. The van der Waals surface area contributed by atoms with Crippen LogP contribution in [0.4, 0.5) is 0 Å². The molecule has 0 radical (unpaired) electrons. The van der Waals surface area contributed by atoms with E-state index in [4.69, 9.17) is 4.74 Å². The first-order chi connectivity index (χ1) is 7.33. The quantitative estimate of drug-likeness (QED) is 0.689. The molecule has 0 N–H and O–H groups in total. The first kappa shape index (κ1) is 8.96. The van der Waals surface area contributed by atoms with Crippen molar-refractivity contribution in [2.45, 2.75) is 37.7 Å². The summed E-state index contributed by atoms with van der Waals surface area (Å²) in [6.07, 6.45) is 4.07. The Balaban J connectivity index is 1.77. The molecule has 2 heteroatoms. The molecule has 1 aromatic carbocycles. The molecule has 0 bridgehead atoms. The number of carbonyl (C=O) groups is 1. The van der Waals surface area contributed by atoms with Gasteiger partial charge in [0.05, 0.1) is 0 Å². The second-order valence-corrected chi connectivity index (χ2v) is 4.46. The van der Waals surface area contributed by atoms with Crippen LogP contribution >= 0.6 is 0 Å². The fourth-order valence-corrected chi connectivity index (χ4v) is 2.16. The molecule has 1 heterocycles. The molecular weight excluding hydrogens is 188 g/mol.